The van der Waals surface area contributed by atoms with Crippen molar-refractivity contribution in [1.29, 1.82) is 0 Å². The summed E-state index contributed by atoms with van der Waals surface area (Å²) in [6.45, 7) is 3.61. The van der Waals surface area contributed by atoms with Crippen molar-refractivity contribution < 1.29 is 14.3 Å². The van der Waals surface area contributed by atoms with Gasteiger partial charge in [0, 0.05) is 5.69 Å². The molecule has 0 aliphatic carbocycles. The number of nitrogens with one attached hydrogen (secondary N) is 1. The predicted molar refractivity (Wildman–Crippen MR) is 87.7 cm³/mol. The summed E-state index contributed by atoms with van der Waals surface area (Å²) in [5.41, 5.74) is 8.52. The monoisotopic (exact) mass is 300 g/mol. The molecule has 0 amide bonds. The van der Waals surface area contributed by atoms with E-state index in [1.807, 2.05) is 24.3 Å². The molecule has 0 radical (unpaired) electrons. The van der Waals surface area contributed by atoms with Gasteiger partial charge < -0.3 is 20.5 Å². The molecule has 116 valence electrons. The van der Waals surface area contributed by atoms with E-state index in [0.717, 1.165) is 17.1 Å². The Bertz CT molecular complexity index is 651. The maximum atomic E-state index is 11.8. The Morgan fingerprint density at radius 3 is 2.36 bits per heavy atom. The van der Waals surface area contributed by atoms with Gasteiger partial charge in [0.1, 0.15) is 5.75 Å². The number of ether oxygens (including phenoxy) is 2. The minimum absolute atomic E-state index is 0.161. The van der Waals surface area contributed by atoms with E-state index in [2.05, 4.69) is 5.32 Å². The van der Waals surface area contributed by atoms with Gasteiger partial charge >= 0.3 is 5.97 Å². The fraction of sp³-hybridized carbons (Fsp3) is 0.235. The molecule has 3 N–H and O–H groups in total. The topological polar surface area (TPSA) is 73.6 Å². The van der Waals surface area contributed by atoms with Crippen LogP contribution in [0.1, 0.15) is 24.2 Å². The molecule has 0 unspecified atom stereocenters. The molecule has 22 heavy (non-hydrogen) atoms. The zero-order valence-electron chi connectivity index (χ0n) is 12.9. The summed E-state index contributed by atoms with van der Waals surface area (Å²) in [5, 5.41) is 3.20. The smallest absolute Gasteiger partial charge is 0.338 e. The highest BCUT2D eigenvalue weighted by Gasteiger charge is 2.11. The normalized spacial score (nSPS) is 10.4. The predicted octanol–water partition coefficient (Wildman–Crippen LogP) is 3.59. The molecule has 0 heterocycles. The molecule has 0 atom stereocenters. The van der Waals surface area contributed by atoms with Crippen LogP contribution in [0, 0.1) is 0 Å². The van der Waals surface area contributed by atoms with Crippen LogP contribution in [0.15, 0.2) is 42.5 Å². The Balaban J connectivity index is 2.13. The molecule has 0 aliphatic rings. The van der Waals surface area contributed by atoms with Crippen LogP contribution in [-0.2, 0) is 4.74 Å². The second kappa shape index (κ2) is 6.85. The number of carbonyl (C=O) groups is 1. The van der Waals surface area contributed by atoms with Gasteiger partial charge in [-0.25, -0.2) is 4.79 Å². The lowest BCUT2D eigenvalue weighted by molar-refractivity contribution is 0.0378. The molecular formula is C17H20N2O3. The van der Waals surface area contributed by atoms with Crippen LogP contribution in [-0.4, -0.2) is 19.2 Å². The van der Waals surface area contributed by atoms with Crippen molar-refractivity contribution in [2.75, 3.05) is 18.2 Å². The molecule has 0 bridgehead atoms. The number of carbonyl (C=O) groups excluding carboxylic acids is 1. The third kappa shape index (κ3) is 3.91. The largest absolute Gasteiger partial charge is 0.497 e. The minimum Gasteiger partial charge on any atom is -0.497 e. The zero-order chi connectivity index (χ0) is 16.1. The summed E-state index contributed by atoms with van der Waals surface area (Å²) in [6, 6.07) is 12.5. The van der Waals surface area contributed by atoms with Gasteiger partial charge in [0.2, 0.25) is 0 Å². The molecule has 0 fully saturated rings. The van der Waals surface area contributed by atoms with Crippen molar-refractivity contribution in [2.24, 2.45) is 0 Å². The van der Waals surface area contributed by atoms with Gasteiger partial charge in [-0.1, -0.05) is 0 Å². The third-order valence-electron chi connectivity index (χ3n) is 3.00. The lowest BCUT2D eigenvalue weighted by Crippen LogP contribution is -2.12. The van der Waals surface area contributed by atoms with Gasteiger partial charge in [-0.2, -0.15) is 0 Å². The Kier molecular flexibility index (Phi) is 4.88. The molecule has 0 aromatic heterocycles. The minimum atomic E-state index is -0.377. The number of nitrogen functional groups attached to an aromatic ring is 1. The standard InChI is InChI=1S/C17H20N2O3/c1-11(2)22-17(20)12-4-9-16(15(18)10-12)19-13-5-7-14(21-3)8-6-13/h4-11,19H,18H2,1-3H3. The van der Waals surface area contributed by atoms with Crippen molar-refractivity contribution in [3.8, 4) is 5.75 Å². The van der Waals surface area contributed by atoms with E-state index in [9.17, 15) is 4.79 Å². The van der Waals surface area contributed by atoms with E-state index in [1.54, 1.807) is 39.2 Å². The van der Waals surface area contributed by atoms with Gasteiger partial charge in [-0.05, 0) is 56.3 Å². The Morgan fingerprint density at radius 2 is 1.82 bits per heavy atom. The van der Waals surface area contributed by atoms with Crippen molar-refractivity contribution in [1.82, 2.24) is 0 Å². The molecule has 2 aromatic rings. The summed E-state index contributed by atoms with van der Waals surface area (Å²) in [6.07, 6.45) is -0.161. The van der Waals surface area contributed by atoms with E-state index >= 15 is 0 Å². The highest BCUT2D eigenvalue weighted by atomic mass is 16.5. The highest BCUT2D eigenvalue weighted by Crippen LogP contribution is 2.25. The van der Waals surface area contributed by atoms with E-state index < -0.39 is 0 Å². The SMILES string of the molecule is COc1ccc(Nc2ccc(C(=O)OC(C)C)cc2N)cc1. The number of methoxy groups -OCH3 is 1. The third-order valence-corrected chi connectivity index (χ3v) is 3.00. The summed E-state index contributed by atoms with van der Waals surface area (Å²) >= 11 is 0. The van der Waals surface area contributed by atoms with Gasteiger partial charge in [-0.15, -0.1) is 0 Å². The molecule has 0 aliphatic heterocycles. The Labute approximate surface area is 130 Å². The van der Waals surface area contributed by atoms with Crippen LogP contribution in [0.25, 0.3) is 0 Å². The van der Waals surface area contributed by atoms with Crippen molar-refractivity contribution in [2.45, 2.75) is 20.0 Å². The Hall–Kier alpha value is -2.69. The van der Waals surface area contributed by atoms with Crippen LogP contribution in [0.2, 0.25) is 0 Å². The first kappa shape index (κ1) is 15.7. The van der Waals surface area contributed by atoms with Crippen LogP contribution in [0.4, 0.5) is 17.1 Å². The van der Waals surface area contributed by atoms with Crippen LogP contribution in [0.3, 0.4) is 0 Å². The van der Waals surface area contributed by atoms with Crippen LogP contribution >= 0.6 is 0 Å². The number of anilines is 3. The van der Waals surface area contributed by atoms with Crippen molar-refractivity contribution >= 4 is 23.0 Å². The molecule has 5 nitrogen and oxygen atoms in total. The van der Waals surface area contributed by atoms with Gasteiger partial charge in [0.25, 0.3) is 0 Å². The second-order valence-corrected chi connectivity index (χ2v) is 5.11. The Morgan fingerprint density at radius 1 is 1.14 bits per heavy atom. The highest BCUT2D eigenvalue weighted by molar-refractivity contribution is 5.92. The molecule has 2 rings (SSSR count). The van der Waals surface area contributed by atoms with Crippen LogP contribution in [0.5, 0.6) is 5.75 Å². The average molecular weight is 300 g/mol. The molecule has 2 aromatic carbocycles. The summed E-state index contributed by atoms with van der Waals surface area (Å²) in [7, 11) is 1.62. The zero-order valence-corrected chi connectivity index (χ0v) is 12.9. The van der Waals surface area contributed by atoms with E-state index in [1.165, 1.54) is 0 Å². The van der Waals surface area contributed by atoms with Gasteiger partial charge in [0.05, 0.1) is 30.2 Å². The number of hydrogen-bond acceptors (Lipinski definition) is 5. The van der Waals surface area contributed by atoms with Gasteiger partial charge in [-0.3, -0.25) is 0 Å². The first-order chi connectivity index (χ1) is 10.5. The van der Waals surface area contributed by atoms with E-state index in [4.69, 9.17) is 15.2 Å². The maximum Gasteiger partial charge on any atom is 0.338 e. The molecule has 0 saturated carbocycles. The summed E-state index contributed by atoms with van der Waals surface area (Å²) < 4.78 is 10.3. The number of esters is 1. The fourth-order valence-electron chi connectivity index (χ4n) is 1.92. The fourth-order valence-corrected chi connectivity index (χ4v) is 1.92. The lowest BCUT2D eigenvalue weighted by atomic mass is 10.1. The van der Waals surface area contributed by atoms with Crippen molar-refractivity contribution in [3.63, 3.8) is 0 Å². The second-order valence-electron chi connectivity index (χ2n) is 5.11. The maximum absolute atomic E-state index is 11.8. The average Bonchev–Trinajstić information content (AvgIpc) is 2.49. The molecule has 0 spiro atoms. The first-order valence-electron chi connectivity index (χ1n) is 7.01. The van der Waals surface area contributed by atoms with E-state index in [0.29, 0.717) is 11.3 Å². The molecular weight excluding hydrogens is 280 g/mol. The van der Waals surface area contributed by atoms with E-state index in [-0.39, 0.29) is 12.1 Å². The quantitative estimate of drug-likeness (QED) is 0.652. The number of rotatable bonds is 5. The lowest BCUT2D eigenvalue weighted by Gasteiger charge is -2.12. The number of hydrogen-bond donors (Lipinski definition) is 2. The molecule has 5 heteroatoms. The summed E-state index contributed by atoms with van der Waals surface area (Å²) in [4.78, 5) is 11.8. The first-order valence-corrected chi connectivity index (χ1v) is 7.01. The van der Waals surface area contributed by atoms with Gasteiger partial charge in [0.15, 0.2) is 0 Å². The van der Waals surface area contributed by atoms with Crippen LogP contribution < -0.4 is 15.8 Å². The number of nitrogens with two attached hydrogens (primary N) is 1. The van der Waals surface area contributed by atoms with Crippen molar-refractivity contribution in [3.05, 3.63) is 48.0 Å². The number of benzene rings is 2. The molecule has 0 saturated heterocycles. The summed E-state index contributed by atoms with van der Waals surface area (Å²) in [5.74, 6) is 0.406.